The fourth-order valence-electron chi connectivity index (χ4n) is 1.60. The quantitative estimate of drug-likeness (QED) is 0.509. The molecule has 1 saturated heterocycles. The van der Waals surface area contributed by atoms with E-state index < -0.39 is 30.7 Å². The van der Waals surface area contributed by atoms with Gasteiger partial charge in [0.15, 0.2) is 6.29 Å². The van der Waals surface area contributed by atoms with E-state index in [0.717, 1.165) is 0 Å². The van der Waals surface area contributed by atoms with Crippen molar-refractivity contribution in [1.29, 1.82) is 0 Å². The van der Waals surface area contributed by atoms with Crippen LogP contribution in [0.5, 0.6) is 0 Å². The van der Waals surface area contributed by atoms with Crippen molar-refractivity contribution < 1.29 is 29.5 Å². The summed E-state index contributed by atoms with van der Waals surface area (Å²) in [6.45, 7) is 3.86. The Morgan fingerprint density at radius 1 is 1.31 bits per heavy atom. The highest BCUT2D eigenvalue weighted by Gasteiger charge is 2.44. The van der Waals surface area contributed by atoms with Crippen LogP contribution in [0.1, 0.15) is 0 Å². The molecule has 1 fully saturated rings. The Morgan fingerprint density at radius 2 is 2.00 bits per heavy atom. The van der Waals surface area contributed by atoms with Crippen LogP contribution in [-0.4, -0.2) is 66.3 Å². The fraction of sp³-hybridized carbons (Fsp3) is 0.800. The molecule has 5 atom stereocenters. The summed E-state index contributed by atoms with van der Waals surface area (Å²) in [5, 5.41) is 28.5. The molecule has 0 aliphatic carbocycles. The van der Waals surface area contributed by atoms with Gasteiger partial charge < -0.3 is 29.5 Å². The molecule has 3 N–H and O–H groups in total. The minimum Gasteiger partial charge on any atom is -0.387 e. The Balaban J connectivity index is 2.67. The molecule has 0 bridgehead atoms. The summed E-state index contributed by atoms with van der Waals surface area (Å²) in [6.07, 6.45) is -3.89. The van der Waals surface area contributed by atoms with Crippen molar-refractivity contribution >= 4 is 0 Å². The molecule has 1 heterocycles. The SMILES string of the molecule is C=CCOC1C(COC)OC(O)C(O)C1O. The number of aliphatic hydroxyl groups is 3. The van der Waals surface area contributed by atoms with Gasteiger partial charge in [-0.3, -0.25) is 0 Å². The molecule has 16 heavy (non-hydrogen) atoms. The van der Waals surface area contributed by atoms with E-state index in [0.29, 0.717) is 0 Å². The highest BCUT2D eigenvalue weighted by molar-refractivity contribution is 4.90. The van der Waals surface area contributed by atoms with Gasteiger partial charge in [-0.15, -0.1) is 6.58 Å². The van der Waals surface area contributed by atoms with Crippen LogP contribution in [0.25, 0.3) is 0 Å². The molecule has 94 valence electrons. The average molecular weight is 234 g/mol. The van der Waals surface area contributed by atoms with Gasteiger partial charge in [-0.25, -0.2) is 0 Å². The molecular formula is C10H18O6. The van der Waals surface area contributed by atoms with Crippen LogP contribution in [0, 0.1) is 0 Å². The van der Waals surface area contributed by atoms with Gasteiger partial charge >= 0.3 is 0 Å². The predicted molar refractivity (Wildman–Crippen MR) is 54.7 cm³/mol. The summed E-state index contributed by atoms with van der Waals surface area (Å²) in [5.74, 6) is 0. The number of rotatable bonds is 5. The summed E-state index contributed by atoms with van der Waals surface area (Å²) < 4.78 is 15.3. The predicted octanol–water partition coefficient (Wildman–Crippen LogP) is -1.36. The molecule has 0 aromatic heterocycles. The van der Waals surface area contributed by atoms with Crippen LogP contribution < -0.4 is 0 Å². The van der Waals surface area contributed by atoms with Gasteiger partial charge in [0.05, 0.1) is 13.2 Å². The van der Waals surface area contributed by atoms with Crippen LogP contribution in [0.3, 0.4) is 0 Å². The van der Waals surface area contributed by atoms with Gasteiger partial charge in [-0.05, 0) is 0 Å². The maximum atomic E-state index is 9.73. The highest BCUT2D eigenvalue weighted by atomic mass is 16.7. The van der Waals surface area contributed by atoms with E-state index in [-0.39, 0.29) is 13.2 Å². The van der Waals surface area contributed by atoms with Crippen molar-refractivity contribution in [2.45, 2.75) is 30.7 Å². The molecule has 0 amide bonds. The summed E-state index contributed by atoms with van der Waals surface area (Å²) in [7, 11) is 1.47. The molecular weight excluding hydrogens is 216 g/mol. The van der Waals surface area contributed by atoms with Gasteiger partial charge in [0.25, 0.3) is 0 Å². The third-order valence-electron chi connectivity index (χ3n) is 2.40. The minimum absolute atomic E-state index is 0.155. The number of ether oxygens (including phenoxy) is 3. The Bertz CT molecular complexity index is 221. The smallest absolute Gasteiger partial charge is 0.184 e. The molecule has 5 unspecified atom stereocenters. The second kappa shape index (κ2) is 6.29. The molecule has 0 aromatic carbocycles. The lowest BCUT2D eigenvalue weighted by molar-refractivity contribution is -0.293. The fourth-order valence-corrected chi connectivity index (χ4v) is 1.60. The molecule has 6 nitrogen and oxygen atoms in total. The molecule has 1 rings (SSSR count). The third kappa shape index (κ3) is 3.00. The normalized spacial score (nSPS) is 39.6. The third-order valence-corrected chi connectivity index (χ3v) is 2.40. The molecule has 0 spiro atoms. The van der Waals surface area contributed by atoms with Crippen molar-refractivity contribution in [3.63, 3.8) is 0 Å². The van der Waals surface area contributed by atoms with Gasteiger partial charge in [0, 0.05) is 7.11 Å². The number of hydrogen-bond acceptors (Lipinski definition) is 6. The second-order valence-electron chi connectivity index (χ2n) is 3.59. The first-order chi connectivity index (χ1) is 7.61. The van der Waals surface area contributed by atoms with Gasteiger partial charge in [-0.1, -0.05) is 6.08 Å². The van der Waals surface area contributed by atoms with Gasteiger partial charge in [-0.2, -0.15) is 0 Å². The Hall–Kier alpha value is -0.500. The standard InChI is InChI=1S/C10H18O6/c1-3-4-15-9-6(5-14-2)16-10(13)8(12)7(9)11/h3,6-13H,1,4-5H2,2H3. The maximum Gasteiger partial charge on any atom is 0.184 e. The van der Waals surface area contributed by atoms with E-state index in [2.05, 4.69) is 6.58 Å². The number of hydrogen-bond donors (Lipinski definition) is 3. The first-order valence-electron chi connectivity index (χ1n) is 5.03. The lowest BCUT2D eigenvalue weighted by Gasteiger charge is -2.40. The Kier molecular flexibility index (Phi) is 5.33. The van der Waals surface area contributed by atoms with Crippen molar-refractivity contribution in [3.8, 4) is 0 Å². The van der Waals surface area contributed by atoms with Crippen LogP contribution in [0.15, 0.2) is 12.7 Å². The maximum absolute atomic E-state index is 9.73. The van der Waals surface area contributed by atoms with Crippen molar-refractivity contribution in [2.24, 2.45) is 0 Å². The second-order valence-corrected chi connectivity index (χ2v) is 3.59. The lowest BCUT2D eigenvalue weighted by Crippen LogP contribution is -2.59. The molecule has 0 aromatic rings. The monoisotopic (exact) mass is 234 g/mol. The van der Waals surface area contributed by atoms with Crippen LogP contribution in [0.4, 0.5) is 0 Å². The topological polar surface area (TPSA) is 88.4 Å². The van der Waals surface area contributed by atoms with E-state index in [1.165, 1.54) is 13.2 Å². The van der Waals surface area contributed by atoms with Gasteiger partial charge in [0.1, 0.15) is 24.4 Å². The Morgan fingerprint density at radius 3 is 2.56 bits per heavy atom. The minimum atomic E-state index is -1.43. The lowest BCUT2D eigenvalue weighted by atomic mass is 9.99. The number of aliphatic hydroxyl groups excluding tert-OH is 3. The zero-order chi connectivity index (χ0) is 12.1. The van der Waals surface area contributed by atoms with E-state index >= 15 is 0 Å². The van der Waals surface area contributed by atoms with Crippen LogP contribution in [0.2, 0.25) is 0 Å². The van der Waals surface area contributed by atoms with E-state index in [4.69, 9.17) is 14.2 Å². The Labute approximate surface area is 94.1 Å². The van der Waals surface area contributed by atoms with Crippen molar-refractivity contribution in [2.75, 3.05) is 20.3 Å². The van der Waals surface area contributed by atoms with E-state index in [9.17, 15) is 15.3 Å². The molecule has 1 aliphatic heterocycles. The summed E-state index contributed by atoms with van der Waals surface area (Å²) in [6, 6.07) is 0. The molecule has 1 aliphatic rings. The molecule has 0 saturated carbocycles. The summed E-state index contributed by atoms with van der Waals surface area (Å²) in [5.41, 5.74) is 0. The zero-order valence-corrected chi connectivity index (χ0v) is 9.15. The highest BCUT2D eigenvalue weighted by Crippen LogP contribution is 2.22. The van der Waals surface area contributed by atoms with Crippen molar-refractivity contribution in [1.82, 2.24) is 0 Å². The first-order valence-corrected chi connectivity index (χ1v) is 5.03. The van der Waals surface area contributed by atoms with E-state index in [1.807, 2.05) is 0 Å². The van der Waals surface area contributed by atoms with E-state index in [1.54, 1.807) is 0 Å². The largest absolute Gasteiger partial charge is 0.387 e. The van der Waals surface area contributed by atoms with Gasteiger partial charge in [0.2, 0.25) is 0 Å². The first kappa shape index (κ1) is 13.6. The summed E-state index contributed by atoms with van der Waals surface area (Å²) >= 11 is 0. The molecule has 0 radical (unpaired) electrons. The van der Waals surface area contributed by atoms with Crippen molar-refractivity contribution in [3.05, 3.63) is 12.7 Å². The molecule has 6 heteroatoms. The zero-order valence-electron chi connectivity index (χ0n) is 9.15. The summed E-state index contributed by atoms with van der Waals surface area (Å²) in [4.78, 5) is 0. The van der Waals surface area contributed by atoms with Crippen LogP contribution in [-0.2, 0) is 14.2 Å². The number of methoxy groups -OCH3 is 1. The van der Waals surface area contributed by atoms with Crippen LogP contribution >= 0.6 is 0 Å². The average Bonchev–Trinajstić information content (AvgIpc) is 2.26.